The van der Waals surface area contributed by atoms with E-state index in [0.717, 1.165) is 19.2 Å². The second-order valence-electron chi connectivity index (χ2n) is 6.99. The summed E-state index contributed by atoms with van der Waals surface area (Å²) in [5.74, 6) is -4.14. The van der Waals surface area contributed by atoms with Gasteiger partial charge in [-0.25, -0.2) is 9.18 Å². The minimum Gasteiger partial charge on any atom is -0.481 e. The summed E-state index contributed by atoms with van der Waals surface area (Å²) in [6.45, 7) is 3.27. The van der Waals surface area contributed by atoms with Gasteiger partial charge >= 0.3 is 12.1 Å². The third kappa shape index (κ3) is 7.32. The standard InChI is InChI=1S/C19H26FN3O7/c1-9(2)16(22-19(29)30-3)18(28)23-17(27)13-8-11(20)6-10(15(13)21)7-12(24)4-5-14(25)26/h6,8-9,12,16,24H,4-5,7,21H2,1-3H3,(H,22,29)(H,25,26)(H,23,27,28)/t12?,16-/m0/s1. The zero-order chi connectivity index (χ0) is 23.0. The number of nitrogen functional groups attached to an aromatic ring is 1. The molecule has 10 nitrogen and oxygen atoms in total. The molecule has 0 bridgehead atoms. The van der Waals surface area contributed by atoms with Crippen molar-refractivity contribution in [1.82, 2.24) is 10.6 Å². The molecule has 1 aromatic carbocycles. The van der Waals surface area contributed by atoms with Gasteiger partial charge < -0.3 is 26.0 Å². The molecular weight excluding hydrogens is 401 g/mol. The van der Waals surface area contributed by atoms with Crippen LogP contribution in [-0.2, 0) is 20.7 Å². The van der Waals surface area contributed by atoms with Gasteiger partial charge in [-0.1, -0.05) is 13.8 Å². The summed E-state index contributed by atoms with van der Waals surface area (Å²) < 4.78 is 18.5. The molecule has 0 fully saturated rings. The fourth-order valence-electron chi connectivity index (χ4n) is 2.66. The smallest absolute Gasteiger partial charge is 0.407 e. The van der Waals surface area contributed by atoms with Crippen molar-refractivity contribution in [2.45, 2.75) is 45.3 Å². The highest BCUT2D eigenvalue weighted by Crippen LogP contribution is 2.22. The number of hydrogen-bond donors (Lipinski definition) is 5. The van der Waals surface area contributed by atoms with Crippen LogP contribution >= 0.6 is 0 Å². The number of nitrogens with one attached hydrogen (secondary N) is 2. The number of rotatable bonds is 9. The predicted molar refractivity (Wildman–Crippen MR) is 104 cm³/mol. The lowest BCUT2D eigenvalue weighted by atomic mass is 9.98. The number of imide groups is 1. The monoisotopic (exact) mass is 427 g/mol. The fourth-order valence-corrected chi connectivity index (χ4v) is 2.66. The van der Waals surface area contributed by atoms with Crippen molar-refractivity contribution in [2.75, 3.05) is 12.8 Å². The number of nitrogens with two attached hydrogens (primary N) is 1. The summed E-state index contributed by atoms with van der Waals surface area (Å²) in [4.78, 5) is 46.9. The largest absolute Gasteiger partial charge is 0.481 e. The number of aliphatic hydroxyl groups excluding tert-OH is 1. The number of alkyl carbamates (subject to hydrolysis) is 1. The van der Waals surface area contributed by atoms with Gasteiger partial charge in [-0.3, -0.25) is 19.7 Å². The Morgan fingerprint density at radius 1 is 1.23 bits per heavy atom. The molecule has 11 heteroatoms. The highest BCUT2D eigenvalue weighted by Gasteiger charge is 2.27. The summed E-state index contributed by atoms with van der Waals surface area (Å²) >= 11 is 0. The molecule has 1 unspecified atom stereocenters. The number of ether oxygens (including phenoxy) is 1. The molecule has 1 rings (SSSR count). The SMILES string of the molecule is COC(=O)N[C@H](C(=O)NC(=O)c1cc(F)cc(CC(O)CCC(=O)O)c1N)C(C)C. The first-order chi connectivity index (χ1) is 14.0. The number of aliphatic carboxylic acids is 1. The molecule has 1 aromatic rings. The van der Waals surface area contributed by atoms with Crippen LogP contribution in [0, 0.1) is 11.7 Å². The van der Waals surface area contributed by atoms with Gasteiger partial charge in [0.1, 0.15) is 11.9 Å². The second kappa shape index (κ2) is 11.1. The Morgan fingerprint density at radius 3 is 2.40 bits per heavy atom. The van der Waals surface area contributed by atoms with Gasteiger partial charge in [0.2, 0.25) is 5.91 Å². The van der Waals surface area contributed by atoms with Crippen LogP contribution in [0.1, 0.15) is 42.6 Å². The van der Waals surface area contributed by atoms with Gasteiger partial charge in [0, 0.05) is 18.5 Å². The Morgan fingerprint density at radius 2 is 1.87 bits per heavy atom. The van der Waals surface area contributed by atoms with Gasteiger partial charge in [-0.2, -0.15) is 0 Å². The number of halogens is 1. The topological polar surface area (TPSA) is 168 Å². The molecule has 0 saturated carbocycles. The number of benzene rings is 1. The average molecular weight is 427 g/mol. The first kappa shape index (κ1) is 24.8. The van der Waals surface area contributed by atoms with Crippen molar-refractivity contribution in [3.8, 4) is 0 Å². The van der Waals surface area contributed by atoms with Crippen LogP contribution in [0.15, 0.2) is 12.1 Å². The van der Waals surface area contributed by atoms with E-state index in [2.05, 4.69) is 15.4 Å². The van der Waals surface area contributed by atoms with Crippen LogP contribution in [0.3, 0.4) is 0 Å². The quantitative estimate of drug-likeness (QED) is 0.361. The molecule has 0 heterocycles. The Hall–Kier alpha value is -3.21. The van der Waals surface area contributed by atoms with Crippen LogP contribution in [0.4, 0.5) is 14.9 Å². The minimum atomic E-state index is -1.11. The van der Waals surface area contributed by atoms with Crippen LogP contribution < -0.4 is 16.4 Å². The molecular formula is C19H26FN3O7. The molecule has 0 aliphatic rings. The molecule has 0 aromatic heterocycles. The van der Waals surface area contributed by atoms with Crippen LogP contribution in [-0.4, -0.2) is 53.3 Å². The number of aliphatic hydroxyl groups is 1. The first-order valence-electron chi connectivity index (χ1n) is 9.13. The maximum Gasteiger partial charge on any atom is 0.407 e. The molecule has 2 atom stereocenters. The normalized spacial score (nSPS) is 12.7. The van der Waals surface area contributed by atoms with E-state index in [1.54, 1.807) is 13.8 Å². The number of methoxy groups -OCH3 is 1. The van der Waals surface area contributed by atoms with Crippen LogP contribution in [0.25, 0.3) is 0 Å². The van der Waals surface area contributed by atoms with Gasteiger partial charge in [-0.15, -0.1) is 0 Å². The van der Waals surface area contributed by atoms with Gasteiger partial charge in [-0.05, 0) is 30.0 Å². The van der Waals surface area contributed by atoms with E-state index in [1.165, 1.54) is 0 Å². The molecule has 30 heavy (non-hydrogen) atoms. The van der Waals surface area contributed by atoms with Gasteiger partial charge in [0.15, 0.2) is 0 Å². The van der Waals surface area contributed by atoms with Crippen LogP contribution in [0.5, 0.6) is 0 Å². The minimum absolute atomic E-state index is 0.0828. The van der Waals surface area contributed by atoms with E-state index < -0.39 is 41.8 Å². The van der Waals surface area contributed by atoms with Crippen molar-refractivity contribution in [1.29, 1.82) is 0 Å². The zero-order valence-corrected chi connectivity index (χ0v) is 16.9. The molecule has 0 aliphatic heterocycles. The third-order valence-electron chi connectivity index (χ3n) is 4.27. The van der Waals surface area contributed by atoms with E-state index in [9.17, 15) is 28.7 Å². The Balaban J connectivity index is 3.00. The van der Waals surface area contributed by atoms with Crippen LogP contribution in [0.2, 0.25) is 0 Å². The maximum atomic E-state index is 14.0. The van der Waals surface area contributed by atoms with Gasteiger partial charge in [0.25, 0.3) is 5.91 Å². The lowest BCUT2D eigenvalue weighted by Gasteiger charge is -2.21. The Bertz CT molecular complexity index is 814. The fraction of sp³-hybridized carbons (Fsp3) is 0.474. The highest BCUT2D eigenvalue weighted by molar-refractivity contribution is 6.09. The molecule has 6 N–H and O–H groups in total. The number of anilines is 1. The van der Waals surface area contributed by atoms with E-state index in [1.807, 2.05) is 0 Å². The van der Waals surface area contributed by atoms with E-state index in [0.29, 0.717) is 0 Å². The number of carbonyl (C=O) groups is 4. The molecule has 166 valence electrons. The second-order valence-corrected chi connectivity index (χ2v) is 6.99. The van der Waals surface area contributed by atoms with Crippen molar-refractivity contribution >= 4 is 29.6 Å². The van der Waals surface area contributed by atoms with Crippen molar-refractivity contribution in [3.05, 3.63) is 29.1 Å². The van der Waals surface area contributed by atoms with E-state index in [4.69, 9.17) is 10.8 Å². The summed E-state index contributed by atoms with van der Waals surface area (Å²) in [5, 5.41) is 23.0. The number of carboxylic acid groups (broad SMARTS) is 1. The molecule has 0 saturated heterocycles. The predicted octanol–water partition coefficient (Wildman–Crippen LogP) is 0.813. The Labute approximate surface area is 172 Å². The first-order valence-corrected chi connectivity index (χ1v) is 9.13. The Kier molecular flexibility index (Phi) is 9.18. The van der Waals surface area contributed by atoms with Crippen molar-refractivity contribution < 1.29 is 38.5 Å². The third-order valence-corrected chi connectivity index (χ3v) is 4.27. The summed E-state index contributed by atoms with van der Waals surface area (Å²) in [7, 11) is 1.12. The van der Waals surface area contributed by atoms with E-state index in [-0.39, 0.29) is 42.0 Å². The summed E-state index contributed by atoms with van der Waals surface area (Å²) in [6.07, 6.45) is -2.52. The number of hydrogen-bond acceptors (Lipinski definition) is 7. The molecule has 0 aliphatic carbocycles. The summed E-state index contributed by atoms with van der Waals surface area (Å²) in [6, 6.07) is 0.769. The molecule has 3 amide bonds. The molecule has 0 radical (unpaired) electrons. The summed E-state index contributed by atoms with van der Waals surface area (Å²) in [5.41, 5.74) is 5.53. The lowest BCUT2D eigenvalue weighted by molar-refractivity contribution is -0.137. The zero-order valence-electron chi connectivity index (χ0n) is 16.9. The lowest BCUT2D eigenvalue weighted by Crippen LogP contribution is -2.51. The number of amides is 3. The number of carboxylic acids is 1. The molecule has 0 spiro atoms. The van der Waals surface area contributed by atoms with E-state index >= 15 is 0 Å². The van der Waals surface area contributed by atoms with Crippen molar-refractivity contribution in [3.63, 3.8) is 0 Å². The average Bonchev–Trinajstić information content (AvgIpc) is 2.66. The highest BCUT2D eigenvalue weighted by atomic mass is 19.1. The maximum absolute atomic E-state index is 14.0. The van der Waals surface area contributed by atoms with Gasteiger partial charge in [0.05, 0.1) is 18.8 Å². The van der Waals surface area contributed by atoms with Crippen molar-refractivity contribution in [2.24, 2.45) is 5.92 Å². The number of carbonyl (C=O) groups excluding carboxylic acids is 3.